The zero-order chi connectivity index (χ0) is 18.0. The molecule has 1 saturated carbocycles. The quantitative estimate of drug-likeness (QED) is 0.879. The first-order valence-corrected chi connectivity index (χ1v) is 9.11. The molecule has 25 heavy (non-hydrogen) atoms. The molecule has 2 aliphatic rings. The molecule has 3 rings (SSSR count). The maximum Gasteiger partial charge on any atom is 0.321 e. The van der Waals surface area contributed by atoms with Crippen molar-refractivity contribution < 1.29 is 9.59 Å². The van der Waals surface area contributed by atoms with Crippen molar-refractivity contribution in [3.8, 4) is 0 Å². The number of hydrogen-bond acceptors (Lipinski definition) is 3. The van der Waals surface area contributed by atoms with Crippen LogP contribution in [0.3, 0.4) is 0 Å². The second kappa shape index (κ2) is 7.44. The van der Waals surface area contributed by atoms with E-state index < -0.39 is 0 Å². The average Bonchev–Trinajstić information content (AvgIpc) is 3.41. The molecule has 1 aromatic carbocycles. The Morgan fingerprint density at radius 2 is 1.76 bits per heavy atom. The summed E-state index contributed by atoms with van der Waals surface area (Å²) in [5.41, 5.74) is 3.20. The zero-order valence-corrected chi connectivity index (χ0v) is 15.3. The van der Waals surface area contributed by atoms with E-state index in [2.05, 4.69) is 22.5 Å². The van der Waals surface area contributed by atoms with Gasteiger partial charge < -0.3 is 15.5 Å². The highest BCUT2D eigenvalue weighted by atomic mass is 16.2. The zero-order valence-electron chi connectivity index (χ0n) is 15.3. The van der Waals surface area contributed by atoms with Gasteiger partial charge in [0.2, 0.25) is 5.91 Å². The summed E-state index contributed by atoms with van der Waals surface area (Å²) in [7, 11) is 0. The molecule has 1 aliphatic heterocycles. The number of aryl methyl sites for hydroxylation is 2. The van der Waals surface area contributed by atoms with Crippen LogP contribution in [0, 0.1) is 13.8 Å². The Morgan fingerprint density at radius 1 is 1.08 bits per heavy atom. The van der Waals surface area contributed by atoms with Crippen molar-refractivity contribution in [2.24, 2.45) is 0 Å². The fraction of sp³-hybridized carbons (Fsp3) is 0.579. The molecule has 1 heterocycles. The predicted octanol–water partition coefficient (Wildman–Crippen LogP) is 2.12. The number of rotatable bonds is 4. The lowest BCUT2D eigenvalue weighted by Crippen LogP contribution is -2.55. The highest BCUT2D eigenvalue weighted by Gasteiger charge is 2.30. The van der Waals surface area contributed by atoms with E-state index in [1.807, 2.05) is 36.9 Å². The molecule has 0 spiro atoms. The molecule has 2 fully saturated rings. The van der Waals surface area contributed by atoms with Gasteiger partial charge in [-0.25, -0.2) is 4.79 Å². The molecule has 0 unspecified atom stereocenters. The van der Waals surface area contributed by atoms with Crippen LogP contribution in [0.25, 0.3) is 0 Å². The van der Waals surface area contributed by atoms with E-state index in [0.717, 1.165) is 37.2 Å². The summed E-state index contributed by atoms with van der Waals surface area (Å²) in [5.74, 6) is 0.107. The van der Waals surface area contributed by atoms with Crippen molar-refractivity contribution in [1.29, 1.82) is 0 Å². The molecule has 0 aromatic heterocycles. The molecule has 0 radical (unpaired) electrons. The van der Waals surface area contributed by atoms with E-state index in [9.17, 15) is 9.59 Å². The SMILES string of the molecule is Cc1ccc(NC(=O)N2CCN([C@@H](C)C(=O)NC3CC3)CC2)cc1C. The van der Waals surface area contributed by atoms with Crippen LogP contribution in [-0.2, 0) is 4.79 Å². The molecule has 3 amide bonds. The summed E-state index contributed by atoms with van der Waals surface area (Å²) in [6, 6.07) is 6.13. The van der Waals surface area contributed by atoms with Crippen molar-refractivity contribution in [2.75, 3.05) is 31.5 Å². The molecule has 2 N–H and O–H groups in total. The topological polar surface area (TPSA) is 64.7 Å². The van der Waals surface area contributed by atoms with Crippen LogP contribution in [0.15, 0.2) is 18.2 Å². The van der Waals surface area contributed by atoms with Gasteiger partial charge in [-0.3, -0.25) is 9.69 Å². The molecule has 1 aromatic rings. The summed E-state index contributed by atoms with van der Waals surface area (Å²) in [4.78, 5) is 28.6. The van der Waals surface area contributed by atoms with E-state index in [4.69, 9.17) is 0 Å². The minimum Gasteiger partial charge on any atom is -0.352 e. The molecule has 6 heteroatoms. The number of hydrogen-bond donors (Lipinski definition) is 2. The first-order chi connectivity index (χ1) is 11.9. The third-order valence-electron chi connectivity index (χ3n) is 5.21. The van der Waals surface area contributed by atoms with Crippen LogP contribution >= 0.6 is 0 Å². The fourth-order valence-electron chi connectivity index (χ4n) is 3.05. The fourth-order valence-corrected chi connectivity index (χ4v) is 3.05. The van der Waals surface area contributed by atoms with E-state index in [1.165, 1.54) is 5.56 Å². The average molecular weight is 344 g/mol. The van der Waals surface area contributed by atoms with Gasteiger partial charge in [0.1, 0.15) is 0 Å². The highest BCUT2D eigenvalue weighted by Crippen LogP contribution is 2.19. The number of anilines is 1. The van der Waals surface area contributed by atoms with Crippen LogP contribution in [-0.4, -0.2) is 60.0 Å². The number of benzene rings is 1. The molecule has 0 bridgehead atoms. The van der Waals surface area contributed by atoms with E-state index >= 15 is 0 Å². The van der Waals surface area contributed by atoms with Crippen molar-refractivity contribution in [2.45, 2.75) is 45.7 Å². The number of urea groups is 1. The molecular weight excluding hydrogens is 316 g/mol. The molecular formula is C19H28N4O2. The number of nitrogens with one attached hydrogen (secondary N) is 2. The largest absolute Gasteiger partial charge is 0.352 e. The summed E-state index contributed by atoms with van der Waals surface area (Å²) in [6.07, 6.45) is 2.20. The molecule has 1 aliphatic carbocycles. The van der Waals surface area contributed by atoms with Gasteiger partial charge >= 0.3 is 6.03 Å². The van der Waals surface area contributed by atoms with E-state index in [1.54, 1.807) is 0 Å². The van der Waals surface area contributed by atoms with Crippen molar-refractivity contribution >= 4 is 17.6 Å². The first kappa shape index (κ1) is 17.7. The molecule has 136 valence electrons. The number of piperazine rings is 1. The lowest BCUT2D eigenvalue weighted by atomic mass is 10.1. The van der Waals surface area contributed by atoms with Gasteiger partial charge in [0.25, 0.3) is 0 Å². The monoisotopic (exact) mass is 344 g/mol. The Bertz CT molecular complexity index is 649. The lowest BCUT2D eigenvalue weighted by molar-refractivity contribution is -0.126. The summed E-state index contributed by atoms with van der Waals surface area (Å²) in [5, 5.41) is 6.02. The van der Waals surface area contributed by atoms with Gasteiger partial charge in [0, 0.05) is 37.9 Å². The number of carbonyl (C=O) groups is 2. The van der Waals surface area contributed by atoms with Crippen molar-refractivity contribution in [3.63, 3.8) is 0 Å². The van der Waals surface area contributed by atoms with Gasteiger partial charge in [-0.2, -0.15) is 0 Å². The maximum atomic E-state index is 12.4. The summed E-state index contributed by atoms with van der Waals surface area (Å²) in [6.45, 7) is 8.76. The Labute approximate surface area is 149 Å². The third kappa shape index (κ3) is 4.51. The number of amides is 3. The van der Waals surface area contributed by atoms with Gasteiger partial charge in [0.15, 0.2) is 0 Å². The molecule has 6 nitrogen and oxygen atoms in total. The Kier molecular flexibility index (Phi) is 5.27. The van der Waals surface area contributed by atoms with Crippen molar-refractivity contribution in [1.82, 2.24) is 15.1 Å². The predicted molar refractivity (Wildman–Crippen MR) is 98.7 cm³/mol. The smallest absolute Gasteiger partial charge is 0.321 e. The van der Waals surface area contributed by atoms with Crippen LogP contribution in [0.1, 0.15) is 30.9 Å². The first-order valence-electron chi connectivity index (χ1n) is 9.11. The van der Waals surface area contributed by atoms with Crippen LogP contribution < -0.4 is 10.6 Å². The minimum atomic E-state index is -0.134. The van der Waals surface area contributed by atoms with Crippen LogP contribution in [0.4, 0.5) is 10.5 Å². The lowest BCUT2D eigenvalue weighted by Gasteiger charge is -2.37. The summed E-state index contributed by atoms with van der Waals surface area (Å²) < 4.78 is 0. The Hall–Kier alpha value is -2.08. The van der Waals surface area contributed by atoms with Gasteiger partial charge in [-0.15, -0.1) is 0 Å². The Balaban J connectivity index is 1.48. The third-order valence-corrected chi connectivity index (χ3v) is 5.21. The van der Waals surface area contributed by atoms with Gasteiger partial charge in [-0.05, 0) is 56.9 Å². The maximum absolute atomic E-state index is 12.4. The van der Waals surface area contributed by atoms with Gasteiger partial charge in [-0.1, -0.05) is 6.07 Å². The minimum absolute atomic E-state index is 0.0713. The number of nitrogens with zero attached hydrogens (tertiary/aromatic N) is 2. The van der Waals surface area contributed by atoms with E-state index in [0.29, 0.717) is 19.1 Å². The van der Waals surface area contributed by atoms with Crippen LogP contribution in [0.5, 0.6) is 0 Å². The standard InChI is InChI=1S/C19H28N4O2/c1-13-4-5-17(12-14(13)2)21-19(25)23-10-8-22(9-11-23)15(3)18(24)20-16-6-7-16/h4-5,12,15-16H,6-11H2,1-3H3,(H,20,24)(H,21,25)/t15-/m0/s1. The van der Waals surface area contributed by atoms with Crippen molar-refractivity contribution in [3.05, 3.63) is 29.3 Å². The highest BCUT2D eigenvalue weighted by molar-refractivity contribution is 5.89. The second-order valence-electron chi connectivity index (χ2n) is 7.21. The van der Waals surface area contributed by atoms with E-state index in [-0.39, 0.29) is 18.0 Å². The second-order valence-corrected chi connectivity index (χ2v) is 7.21. The Morgan fingerprint density at radius 3 is 2.36 bits per heavy atom. The molecule has 1 saturated heterocycles. The summed E-state index contributed by atoms with van der Waals surface area (Å²) >= 11 is 0. The number of carbonyl (C=O) groups excluding carboxylic acids is 2. The normalized spacial score (nSPS) is 19.4. The van der Waals surface area contributed by atoms with Gasteiger partial charge in [0.05, 0.1) is 6.04 Å². The van der Waals surface area contributed by atoms with Crippen LogP contribution in [0.2, 0.25) is 0 Å². The molecule has 1 atom stereocenters.